The van der Waals surface area contributed by atoms with E-state index in [1.165, 1.54) is 0 Å². The van der Waals surface area contributed by atoms with Crippen molar-refractivity contribution >= 4 is 22.8 Å². The minimum Gasteiger partial charge on any atom is -0.462 e. The molecule has 0 aromatic carbocycles. The molecule has 0 spiro atoms. The molecule has 3 nitrogen and oxygen atoms in total. The van der Waals surface area contributed by atoms with Gasteiger partial charge in [0.1, 0.15) is 6.10 Å². The summed E-state index contributed by atoms with van der Waals surface area (Å²) < 4.78 is 5.26. The lowest BCUT2D eigenvalue weighted by molar-refractivity contribution is -0.153. The van der Waals surface area contributed by atoms with E-state index in [0.717, 1.165) is 0 Å². The minimum absolute atomic E-state index is 0.0399. The number of halogens is 1. The van der Waals surface area contributed by atoms with E-state index >= 15 is 0 Å². The van der Waals surface area contributed by atoms with Gasteiger partial charge in [0, 0.05) is 12.8 Å². The fraction of sp³-hybridized carbons (Fsp3) is 0.833. The molecule has 0 bridgehead atoms. The normalized spacial score (nSPS) is 13.3. The van der Waals surface area contributed by atoms with Crippen LogP contribution < -0.4 is 0 Å². The standard InChI is InChI=1S/C12H21ClO3/c1-9(12(2,3)4)16-11(15)8-6-5-7-10(13)14/h9H,5-8H2,1-4H3. The Bertz CT molecular complexity index is 243. The van der Waals surface area contributed by atoms with Crippen LogP contribution in [0.4, 0.5) is 0 Å². The number of hydrogen-bond acceptors (Lipinski definition) is 3. The second kappa shape index (κ2) is 6.89. The lowest BCUT2D eigenvalue weighted by Crippen LogP contribution is -2.28. The number of rotatable bonds is 6. The van der Waals surface area contributed by atoms with E-state index in [1.54, 1.807) is 0 Å². The zero-order valence-electron chi connectivity index (χ0n) is 10.5. The van der Waals surface area contributed by atoms with Crippen molar-refractivity contribution in [2.75, 3.05) is 0 Å². The van der Waals surface area contributed by atoms with Crippen LogP contribution in [0.25, 0.3) is 0 Å². The topological polar surface area (TPSA) is 43.4 Å². The minimum atomic E-state index is -0.351. The molecule has 16 heavy (non-hydrogen) atoms. The number of ether oxygens (including phenoxy) is 1. The number of hydrogen-bond donors (Lipinski definition) is 0. The van der Waals surface area contributed by atoms with Crippen LogP contribution in [0.3, 0.4) is 0 Å². The van der Waals surface area contributed by atoms with Crippen LogP contribution in [-0.4, -0.2) is 17.3 Å². The molecule has 94 valence electrons. The van der Waals surface area contributed by atoms with Crippen LogP contribution in [-0.2, 0) is 14.3 Å². The number of esters is 1. The largest absolute Gasteiger partial charge is 0.462 e. The molecule has 0 aromatic heterocycles. The maximum Gasteiger partial charge on any atom is 0.306 e. The van der Waals surface area contributed by atoms with Gasteiger partial charge in [-0.05, 0) is 36.8 Å². The molecule has 1 unspecified atom stereocenters. The Morgan fingerprint density at radius 1 is 1.19 bits per heavy atom. The van der Waals surface area contributed by atoms with Gasteiger partial charge in [0.15, 0.2) is 0 Å². The van der Waals surface area contributed by atoms with E-state index in [0.29, 0.717) is 25.7 Å². The third kappa shape index (κ3) is 7.69. The summed E-state index contributed by atoms with van der Waals surface area (Å²) in [6.07, 6.45) is 1.86. The van der Waals surface area contributed by atoms with Crippen LogP contribution in [0.15, 0.2) is 0 Å². The Hall–Kier alpha value is -0.570. The molecule has 4 heteroatoms. The van der Waals surface area contributed by atoms with Gasteiger partial charge in [0.05, 0.1) is 0 Å². The highest BCUT2D eigenvalue weighted by atomic mass is 35.5. The molecule has 0 saturated carbocycles. The van der Waals surface area contributed by atoms with E-state index in [1.807, 2.05) is 27.7 Å². The summed E-state index contributed by atoms with van der Waals surface area (Å²) in [5.74, 6) is -0.204. The quantitative estimate of drug-likeness (QED) is 0.412. The van der Waals surface area contributed by atoms with Gasteiger partial charge in [-0.1, -0.05) is 20.8 Å². The number of carbonyl (C=O) groups excluding carboxylic acids is 2. The van der Waals surface area contributed by atoms with Crippen LogP contribution in [0.2, 0.25) is 0 Å². The molecule has 0 saturated heterocycles. The van der Waals surface area contributed by atoms with Gasteiger partial charge in [0.25, 0.3) is 0 Å². The van der Waals surface area contributed by atoms with Crippen LogP contribution in [0.1, 0.15) is 53.4 Å². The van der Waals surface area contributed by atoms with Gasteiger partial charge in [-0.15, -0.1) is 0 Å². The molecule has 0 aromatic rings. The monoisotopic (exact) mass is 248 g/mol. The van der Waals surface area contributed by atoms with E-state index in [4.69, 9.17) is 16.3 Å². The lowest BCUT2D eigenvalue weighted by Gasteiger charge is -2.26. The Kier molecular flexibility index (Phi) is 6.65. The van der Waals surface area contributed by atoms with E-state index in [-0.39, 0.29) is 22.7 Å². The van der Waals surface area contributed by atoms with E-state index in [9.17, 15) is 9.59 Å². The van der Waals surface area contributed by atoms with Gasteiger partial charge in [-0.25, -0.2) is 0 Å². The van der Waals surface area contributed by atoms with Crippen molar-refractivity contribution in [2.24, 2.45) is 5.41 Å². The van der Waals surface area contributed by atoms with Crippen molar-refractivity contribution in [1.82, 2.24) is 0 Å². The molecule has 0 aliphatic carbocycles. The van der Waals surface area contributed by atoms with Crippen LogP contribution in [0.5, 0.6) is 0 Å². The van der Waals surface area contributed by atoms with Crippen LogP contribution in [0, 0.1) is 5.41 Å². The number of unbranched alkanes of at least 4 members (excludes halogenated alkanes) is 1. The Labute approximate surface area is 102 Å². The summed E-state index contributed by atoms with van der Waals surface area (Å²) in [6, 6.07) is 0. The molecule has 0 N–H and O–H groups in total. The van der Waals surface area contributed by atoms with Crippen LogP contribution >= 0.6 is 11.6 Å². The van der Waals surface area contributed by atoms with Crippen molar-refractivity contribution < 1.29 is 14.3 Å². The highest BCUT2D eigenvalue weighted by Gasteiger charge is 2.23. The molecule has 0 radical (unpaired) electrons. The fourth-order valence-corrected chi connectivity index (χ4v) is 1.10. The van der Waals surface area contributed by atoms with Crippen molar-refractivity contribution in [1.29, 1.82) is 0 Å². The average molecular weight is 249 g/mol. The molecular weight excluding hydrogens is 228 g/mol. The predicted molar refractivity (Wildman–Crippen MR) is 64.3 cm³/mol. The maximum atomic E-state index is 11.4. The summed E-state index contributed by atoms with van der Waals surface area (Å²) >= 11 is 5.18. The second-order valence-corrected chi connectivity index (χ2v) is 5.48. The molecule has 0 aliphatic rings. The van der Waals surface area contributed by atoms with Gasteiger partial charge in [0.2, 0.25) is 5.24 Å². The van der Waals surface area contributed by atoms with Gasteiger partial charge < -0.3 is 4.74 Å². The fourth-order valence-electron chi connectivity index (χ4n) is 0.966. The average Bonchev–Trinajstić information content (AvgIpc) is 2.10. The third-order valence-corrected chi connectivity index (χ3v) is 2.72. The molecule has 0 heterocycles. The van der Waals surface area contributed by atoms with Crippen molar-refractivity contribution in [3.05, 3.63) is 0 Å². The van der Waals surface area contributed by atoms with Gasteiger partial charge in [-0.2, -0.15) is 0 Å². The maximum absolute atomic E-state index is 11.4. The van der Waals surface area contributed by atoms with Crippen molar-refractivity contribution in [3.8, 4) is 0 Å². The first-order chi connectivity index (χ1) is 7.23. The van der Waals surface area contributed by atoms with Crippen molar-refractivity contribution in [3.63, 3.8) is 0 Å². The Morgan fingerprint density at radius 3 is 2.12 bits per heavy atom. The Morgan fingerprint density at radius 2 is 1.69 bits per heavy atom. The smallest absolute Gasteiger partial charge is 0.306 e. The molecular formula is C12H21ClO3. The summed E-state index contributed by atoms with van der Waals surface area (Å²) in [7, 11) is 0. The summed E-state index contributed by atoms with van der Waals surface area (Å²) in [6.45, 7) is 7.96. The zero-order chi connectivity index (χ0) is 12.8. The number of carbonyl (C=O) groups is 2. The second-order valence-electron chi connectivity index (χ2n) is 5.06. The summed E-state index contributed by atoms with van der Waals surface area (Å²) in [4.78, 5) is 21.9. The lowest BCUT2D eigenvalue weighted by atomic mass is 9.90. The highest BCUT2D eigenvalue weighted by molar-refractivity contribution is 6.63. The van der Waals surface area contributed by atoms with E-state index in [2.05, 4.69) is 0 Å². The molecule has 1 atom stereocenters. The zero-order valence-corrected chi connectivity index (χ0v) is 11.3. The van der Waals surface area contributed by atoms with Gasteiger partial charge >= 0.3 is 5.97 Å². The predicted octanol–water partition coefficient (Wildman–Crippen LogP) is 3.29. The highest BCUT2D eigenvalue weighted by Crippen LogP contribution is 2.22. The summed E-state index contributed by atoms with van der Waals surface area (Å²) in [5, 5.41) is -0.351. The first-order valence-electron chi connectivity index (χ1n) is 5.61. The first-order valence-corrected chi connectivity index (χ1v) is 5.99. The molecule has 0 rings (SSSR count). The SMILES string of the molecule is CC(OC(=O)CCCCC(=O)Cl)C(C)(C)C. The summed E-state index contributed by atoms with van der Waals surface area (Å²) in [5.41, 5.74) is -0.0399. The molecule has 0 fully saturated rings. The van der Waals surface area contributed by atoms with Gasteiger partial charge in [-0.3, -0.25) is 9.59 Å². The Balaban J connectivity index is 3.71. The third-order valence-electron chi connectivity index (χ3n) is 2.53. The molecule has 0 aliphatic heterocycles. The van der Waals surface area contributed by atoms with Crippen molar-refractivity contribution in [2.45, 2.75) is 59.5 Å². The molecule has 0 amide bonds. The first kappa shape index (κ1) is 15.4. The van der Waals surface area contributed by atoms with E-state index < -0.39 is 0 Å².